The van der Waals surface area contributed by atoms with Gasteiger partial charge in [0.25, 0.3) is 0 Å². The van der Waals surface area contributed by atoms with E-state index in [4.69, 9.17) is 16.6 Å². The van der Waals surface area contributed by atoms with E-state index in [0.29, 0.717) is 11.1 Å². The maximum Gasteiger partial charge on any atom is 0.161 e. The molecule has 2 aromatic rings. The monoisotopic (exact) mass is 412 g/mol. The summed E-state index contributed by atoms with van der Waals surface area (Å²) in [5.74, 6) is 1.32. The summed E-state index contributed by atoms with van der Waals surface area (Å²) in [5, 5.41) is 0.591. The van der Waals surface area contributed by atoms with Crippen molar-refractivity contribution in [3.05, 3.63) is 44.2 Å². The fraction of sp³-hybridized carbons (Fsp3) is 0.412. The standard InChI is InChI=1S/C17H18ClIN2/c1-2-11-7-5-6-10-13(11)17-20-15(12-8-3-4-9-12)14(19)16(18)21-17/h5-7,10,12H,2-4,8-9H2,1H3. The van der Waals surface area contributed by atoms with Crippen LogP contribution in [0.3, 0.4) is 0 Å². The topological polar surface area (TPSA) is 25.8 Å². The van der Waals surface area contributed by atoms with Crippen molar-refractivity contribution in [3.63, 3.8) is 0 Å². The molecule has 1 heterocycles. The Bertz CT molecular complexity index is 651. The molecule has 0 unspecified atom stereocenters. The minimum absolute atomic E-state index is 0.546. The third-order valence-electron chi connectivity index (χ3n) is 4.22. The van der Waals surface area contributed by atoms with Crippen LogP contribution in [0.25, 0.3) is 11.4 Å². The normalized spacial score (nSPS) is 15.6. The van der Waals surface area contributed by atoms with Crippen molar-refractivity contribution >= 4 is 34.2 Å². The van der Waals surface area contributed by atoms with Crippen molar-refractivity contribution < 1.29 is 0 Å². The Balaban J connectivity index is 2.11. The highest BCUT2D eigenvalue weighted by molar-refractivity contribution is 14.1. The summed E-state index contributed by atoms with van der Waals surface area (Å²) in [5.41, 5.74) is 3.53. The lowest BCUT2D eigenvalue weighted by Crippen LogP contribution is -2.05. The first kappa shape index (κ1) is 15.2. The molecule has 21 heavy (non-hydrogen) atoms. The van der Waals surface area contributed by atoms with Crippen LogP contribution in [0, 0.1) is 3.57 Å². The van der Waals surface area contributed by atoms with Crippen molar-refractivity contribution in [2.24, 2.45) is 0 Å². The molecular formula is C17H18ClIN2. The van der Waals surface area contributed by atoms with Gasteiger partial charge >= 0.3 is 0 Å². The van der Waals surface area contributed by atoms with E-state index in [0.717, 1.165) is 27.1 Å². The van der Waals surface area contributed by atoms with E-state index in [-0.39, 0.29) is 0 Å². The van der Waals surface area contributed by atoms with Gasteiger partial charge in [0.2, 0.25) is 0 Å². The summed E-state index contributed by atoms with van der Waals surface area (Å²) in [7, 11) is 0. The largest absolute Gasteiger partial charge is 0.232 e. The average Bonchev–Trinajstić information content (AvgIpc) is 3.04. The molecule has 2 nitrogen and oxygen atoms in total. The molecule has 4 heteroatoms. The number of aromatic nitrogens is 2. The van der Waals surface area contributed by atoms with E-state index in [2.05, 4.69) is 52.7 Å². The second-order valence-electron chi connectivity index (χ2n) is 5.53. The number of benzene rings is 1. The molecule has 3 rings (SSSR count). The zero-order valence-electron chi connectivity index (χ0n) is 12.1. The van der Waals surface area contributed by atoms with Crippen LogP contribution >= 0.6 is 34.2 Å². The Morgan fingerprint density at radius 2 is 1.90 bits per heavy atom. The second-order valence-corrected chi connectivity index (χ2v) is 6.97. The summed E-state index contributed by atoms with van der Waals surface area (Å²) in [6.45, 7) is 2.16. The van der Waals surface area contributed by atoms with E-state index in [1.54, 1.807) is 0 Å². The van der Waals surface area contributed by atoms with E-state index >= 15 is 0 Å². The van der Waals surface area contributed by atoms with Gasteiger partial charge in [-0.25, -0.2) is 9.97 Å². The molecule has 0 spiro atoms. The van der Waals surface area contributed by atoms with Gasteiger partial charge in [0.15, 0.2) is 5.82 Å². The highest BCUT2D eigenvalue weighted by Crippen LogP contribution is 2.38. The van der Waals surface area contributed by atoms with Crippen LogP contribution in [-0.2, 0) is 6.42 Å². The molecule has 0 saturated heterocycles. The van der Waals surface area contributed by atoms with Gasteiger partial charge in [0.05, 0.1) is 9.26 Å². The quantitative estimate of drug-likeness (QED) is 0.483. The van der Waals surface area contributed by atoms with Crippen LogP contribution in [-0.4, -0.2) is 9.97 Å². The molecule has 0 aliphatic heterocycles. The van der Waals surface area contributed by atoms with Crippen LogP contribution in [0.4, 0.5) is 0 Å². The number of hydrogen-bond acceptors (Lipinski definition) is 2. The van der Waals surface area contributed by atoms with Gasteiger partial charge in [-0.15, -0.1) is 0 Å². The molecule has 0 atom stereocenters. The second kappa shape index (κ2) is 6.61. The molecule has 1 fully saturated rings. The van der Waals surface area contributed by atoms with E-state index < -0.39 is 0 Å². The van der Waals surface area contributed by atoms with Gasteiger partial charge < -0.3 is 0 Å². The molecule has 0 amide bonds. The maximum atomic E-state index is 6.38. The molecule has 110 valence electrons. The molecule has 1 aliphatic rings. The molecule has 1 saturated carbocycles. The lowest BCUT2D eigenvalue weighted by Gasteiger charge is -2.14. The SMILES string of the molecule is CCc1ccccc1-c1nc(Cl)c(I)c(C2CCCC2)n1. The molecule has 1 aromatic heterocycles. The van der Waals surface area contributed by atoms with Crippen molar-refractivity contribution in [1.29, 1.82) is 0 Å². The molecule has 1 aromatic carbocycles. The van der Waals surface area contributed by atoms with Crippen molar-refractivity contribution in [2.45, 2.75) is 44.9 Å². The van der Waals surface area contributed by atoms with E-state index in [1.807, 2.05) is 6.07 Å². The van der Waals surface area contributed by atoms with Crippen molar-refractivity contribution in [2.75, 3.05) is 0 Å². The Hall–Kier alpha value is -0.680. The fourth-order valence-electron chi connectivity index (χ4n) is 3.07. The van der Waals surface area contributed by atoms with Crippen LogP contribution in [0.1, 0.15) is 49.8 Å². The van der Waals surface area contributed by atoms with Gasteiger partial charge in [0, 0.05) is 11.5 Å². The number of rotatable bonds is 3. The first-order chi connectivity index (χ1) is 10.2. The van der Waals surface area contributed by atoms with E-state index in [1.165, 1.54) is 31.2 Å². The van der Waals surface area contributed by atoms with E-state index in [9.17, 15) is 0 Å². The Morgan fingerprint density at radius 1 is 1.19 bits per heavy atom. The smallest absolute Gasteiger partial charge is 0.161 e. The summed E-state index contributed by atoms with van der Waals surface area (Å²) < 4.78 is 1.03. The van der Waals surface area contributed by atoms with Gasteiger partial charge in [0.1, 0.15) is 5.15 Å². The number of nitrogens with zero attached hydrogens (tertiary/aromatic N) is 2. The summed E-state index contributed by atoms with van der Waals surface area (Å²) in [6.07, 6.45) is 6.00. The third kappa shape index (κ3) is 3.09. The molecule has 0 radical (unpaired) electrons. The van der Waals surface area contributed by atoms with Crippen LogP contribution in [0.15, 0.2) is 24.3 Å². The Morgan fingerprint density at radius 3 is 2.62 bits per heavy atom. The van der Waals surface area contributed by atoms with Gasteiger partial charge in [-0.2, -0.15) is 0 Å². The van der Waals surface area contributed by atoms with Crippen LogP contribution in [0.5, 0.6) is 0 Å². The highest BCUT2D eigenvalue weighted by atomic mass is 127. The van der Waals surface area contributed by atoms with Crippen molar-refractivity contribution in [3.8, 4) is 11.4 Å². The molecule has 0 N–H and O–H groups in total. The number of hydrogen-bond donors (Lipinski definition) is 0. The number of aryl methyl sites for hydroxylation is 1. The molecule has 1 aliphatic carbocycles. The van der Waals surface area contributed by atoms with Crippen LogP contribution < -0.4 is 0 Å². The lowest BCUT2D eigenvalue weighted by atomic mass is 10.0. The number of halogens is 2. The highest BCUT2D eigenvalue weighted by Gasteiger charge is 2.24. The Labute approximate surface area is 144 Å². The average molecular weight is 413 g/mol. The zero-order chi connectivity index (χ0) is 14.8. The molecular weight excluding hydrogens is 395 g/mol. The molecule has 0 bridgehead atoms. The minimum Gasteiger partial charge on any atom is -0.232 e. The maximum absolute atomic E-state index is 6.38. The van der Waals surface area contributed by atoms with Crippen molar-refractivity contribution in [1.82, 2.24) is 9.97 Å². The Kier molecular flexibility index (Phi) is 4.79. The fourth-order valence-corrected chi connectivity index (χ4v) is 3.93. The minimum atomic E-state index is 0.546. The van der Waals surface area contributed by atoms with Gasteiger partial charge in [-0.3, -0.25) is 0 Å². The predicted octanol–water partition coefficient (Wildman–Crippen LogP) is 5.62. The summed E-state index contributed by atoms with van der Waals surface area (Å²) >= 11 is 8.68. The summed E-state index contributed by atoms with van der Waals surface area (Å²) in [4.78, 5) is 9.42. The predicted molar refractivity (Wildman–Crippen MR) is 95.8 cm³/mol. The summed E-state index contributed by atoms with van der Waals surface area (Å²) in [6, 6.07) is 8.34. The lowest BCUT2D eigenvalue weighted by molar-refractivity contribution is 0.690. The first-order valence-corrected chi connectivity index (χ1v) is 8.97. The zero-order valence-corrected chi connectivity index (χ0v) is 15.0. The third-order valence-corrected chi connectivity index (χ3v) is 5.87. The van der Waals surface area contributed by atoms with Crippen LogP contribution in [0.2, 0.25) is 5.15 Å². The first-order valence-electron chi connectivity index (χ1n) is 7.52. The van der Waals surface area contributed by atoms with Gasteiger partial charge in [-0.1, -0.05) is 55.6 Å². The van der Waals surface area contributed by atoms with Gasteiger partial charge in [-0.05, 0) is 47.4 Å².